The van der Waals surface area contributed by atoms with E-state index < -0.39 is 44.8 Å². The molecule has 11 nitrogen and oxygen atoms in total. The first-order chi connectivity index (χ1) is 19.2. The van der Waals surface area contributed by atoms with Crippen molar-refractivity contribution in [2.75, 3.05) is 5.32 Å². The molecule has 0 radical (unpaired) electrons. The van der Waals surface area contributed by atoms with Crippen molar-refractivity contribution >= 4 is 34.5 Å². The van der Waals surface area contributed by atoms with Gasteiger partial charge in [-0.1, -0.05) is 0 Å². The zero-order valence-corrected chi connectivity index (χ0v) is 23.0. The summed E-state index contributed by atoms with van der Waals surface area (Å²) in [6, 6.07) is 11.0. The normalized spacial score (nSPS) is 17.4. The lowest BCUT2D eigenvalue weighted by molar-refractivity contribution is -0.385. The number of amides is 1. The quantitative estimate of drug-likeness (QED) is 0.134. The van der Waals surface area contributed by atoms with E-state index in [0.29, 0.717) is 11.3 Å². The molecule has 0 unspecified atom stereocenters. The minimum absolute atomic E-state index is 0.00927. The highest BCUT2D eigenvalue weighted by Crippen LogP contribution is 2.43. The molecule has 3 aromatic rings. The van der Waals surface area contributed by atoms with Crippen molar-refractivity contribution in [2.45, 2.75) is 57.7 Å². The Morgan fingerprint density at radius 1 is 0.854 bits per heavy atom. The number of fused-ring (bicyclic) bond motifs is 2. The van der Waals surface area contributed by atoms with E-state index in [1.807, 2.05) is 0 Å². The second-order valence-electron chi connectivity index (χ2n) is 11.8. The molecule has 3 aromatic carbocycles. The summed E-state index contributed by atoms with van der Waals surface area (Å²) in [7, 11) is 0. The second-order valence-corrected chi connectivity index (χ2v) is 11.8. The maximum atomic E-state index is 13.5. The zero-order chi connectivity index (χ0) is 29.9. The van der Waals surface area contributed by atoms with Crippen LogP contribution >= 0.6 is 0 Å². The molecule has 5 rings (SSSR count). The lowest BCUT2D eigenvalue weighted by Crippen LogP contribution is -2.62. The average Bonchev–Trinajstić information content (AvgIpc) is 2.86. The Balaban J connectivity index is 1.42. The van der Waals surface area contributed by atoms with Crippen LogP contribution in [0.2, 0.25) is 0 Å². The number of phenolic OH excluding ortho intramolecular Hbond substituents is 2. The van der Waals surface area contributed by atoms with Crippen LogP contribution < -0.4 is 16.0 Å². The van der Waals surface area contributed by atoms with E-state index in [2.05, 4.69) is 43.6 Å². The smallest absolute Gasteiger partial charge is 0.281 e. The highest BCUT2D eigenvalue weighted by molar-refractivity contribution is 6.33. The van der Waals surface area contributed by atoms with Gasteiger partial charge in [-0.3, -0.25) is 24.5 Å². The van der Waals surface area contributed by atoms with Crippen LogP contribution in [0.5, 0.6) is 11.5 Å². The number of nitrogens with one attached hydrogen (secondary N) is 3. The van der Waals surface area contributed by atoms with Gasteiger partial charge in [0.2, 0.25) is 11.6 Å². The molecular weight excluding hydrogens is 528 g/mol. The molecule has 1 heterocycles. The van der Waals surface area contributed by atoms with Crippen molar-refractivity contribution in [1.82, 2.24) is 10.6 Å². The van der Waals surface area contributed by atoms with Crippen LogP contribution in [0.3, 0.4) is 0 Å². The first kappa shape index (κ1) is 27.8. The molecule has 0 saturated carbocycles. The number of piperidine rings is 1. The molecule has 11 heteroatoms. The Hall–Kier alpha value is -4.77. The van der Waals surface area contributed by atoms with Crippen LogP contribution in [-0.2, 0) is 0 Å². The number of rotatable bonds is 5. The molecule has 1 saturated heterocycles. The third-order valence-corrected chi connectivity index (χ3v) is 7.40. The van der Waals surface area contributed by atoms with E-state index in [9.17, 15) is 34.7 Å². The van der Waals surface area contributed by atoms with Gasteiger partial charge in [0.05, 0.1) is 27.3 Å². The number of phenols is 2. The summed E-state index contributed by atoms with van der Waals surface area (Å²) in [5, 5.41) is 42.1. The summed E-state index contributed by atoms with van der Waals surface area (Å²) in [5.41, 5.74) is -1.56. The predicted molar refractivity (Wildman–Crippen MR) is 151 cm³/mol. The van der Waals surface area contributed by atoms with Crippen LogP contribution in [0.1, 0.15) is 82.7 Å². The van der Waals surface area contributed by atoms with Gasteiger partial charge in [-0.15, -0.1) is 0 Å². The number of carbonyl (C=O) groups is 3. The number of nitro groups is 1. The SMILES string of the molecule is CC1(C)CC(NC(=O)c2ccc(Nc3ccc(O)c4c3C(=O)c3c([N+](=O)[O-])ccc(O)c3C4=O)cc2)CC(C)(C)N1. The predicted octanol–water partition coefficient (Wildman–Crippen LogP) is 4.56. The van der Waals surface area contributed by atoms with Crippen molar-refractivity contribution in [3.63, 3.8) is 0 Å². The Kier molecular flexibility index (Phi) is 6.57. The summed E-state index contributed by atoms with van der Waals surface area (Å²) >= 11 is 0. The maximum Gasteiger partial charge on any atom is 0.281 e. The molecule has 212 valence electrons. The van der Waals surface area contributed by atoms with Gasteiger partial charge in [-0.25, -0.2) is 0 Å². The molecule has 0 bridgehead atoms. The van der Waals surface area contributed by atoms with E-state index in [0.717, 1.165) is 25.0 Å². The number of aromatic hydroxyl groups is 2. The van der Waals surface area contributed by atoms with Crippen LogP contribution in [0, 0.1) is 10.1 Å². The molecule has 1 amide bonds. The third-order valence-electron chi connectivity index (χ3n) is 7.40. The number of hydrogen-bond acceptors (Lipinski definition) is 9. The first-order valence-corrected chi connectivity index (χ1v) is 13.1. The molecule has 0 aromatic heterocycles. The van der Waals surface area contributed by atoms with Gasteiger partial charge in [0.1, 0.15) is 17.1 Å². The van der Waals surface area contributed by atoms with Crippen LogP contribution in [0.25, 0.3) is 0 Å². The van der Waals surface area contributed by atoms with E-state index in [1.54, 1.807) is 24.3 Å². The van der Waals surface area contributed by atoms with Gasteiger partial charge >= 0.3 is 0 Å². The van der Waals surface area contributed by atoms with E-state index >= 15 is 0 Å². The van der Waals surface area contributed by atoms with Crippen molar-refractivity contribution in [3.05, 3.63) is 86.5 Å². The highest BCUT2D eigenvalue weighted by Gasteiger charge is 2.41. The molecule has 1 aliphatic heterocycles. The maximum absolute atomic E-state index is 13.5. The number of carbonyl (C=O) groups excluding carboxylic acids is 3. The Morgan fingerprint density at radius 3 is 1.98 bits per heavy atom. The van der Waals surface area contributed by atoms with Gasteiger partial charge in [0.15, 0.2) is 0 Å². The number of ketones is 2. The Labute approximate surface area is 235 Å². The Morgan fingerprint density at radius 2 is 1.39 bits per heavy atom. The number of anilines is 2. The number of benzene rings is 3. The molecular formula is C30H30N4O7. The third kappa shape index (κ3) is 5.11. The van der Waals surface area contributed by atoms with E-state index in [4.69, 9.17) is 0 Å². The molecule has 41 heavy (non-hydrogen) atoms. The zero-order valence-electron chi connectivity index (χ0n) is 23.0. The minimum Gasteiger partial charge on any atom is -0.507 e. The summed E-state index contributed by atoms with van der Waals surface area (Å²) in [5.74, 6) is -3.12. The summed E-state index contributed by atoms with van der Waals surface area (Å²) < 4.78 is 0. The van der Waals surface area contributed by atoms with Gasteiger partial charge in [0, 0.05) is 34.4 Å². The van der Waals surface area contributed by atoms with Crippen LogP contribution in [-0.4, -0.2) is 49.7 Å². The molecule has 1 aliphatic carbocycles. The van der Waals surface area contributed by atoms with Gasteiger partial charge in [-0.05, 0) is 83.0 Å². The molecule has 1 fully saturated rings. The fourth-order valence-electron chi connectivity index (χ4n) is 6.16. The summed E-state index contributed by atoms with van der Waals surface area (Å²) in [4.78, 5) is 50.6. The van der Waals surface area contributed by atoms with Crippen molar-refractivity contribution in [3.8, 4) is 11.5 Å². The standard InChI is InChI=1S/C30H30N4O7/c1-29(2)13-17(14-30(3,4)33-29)32-28(39)15-5-7-16(8-6-15)31-18-9-11-20(35)24-22(18)26(37)23-19(34(40)41)10-12-21(36)25(23)27(24)38/h5-12,17,31,33,35-36H,13-14H2,1-4H3,(H,32,39). The van der Waals surface area contributed by atoms with Gasteiger partial charge in [0.25, 0.3) is 11.6 Å². The fourth-order valence-corrected chi connectivity index (χ4v) is 6.16. The fraction of sp³-hybridized carbons (Fsp3) is 0.300. The highest BCUT2D eigenvalue weighted by atomic mass is 16.6. The number of nitrogens with zero attached hydrogens (tertiary/aromatic N) is 1. The van der Waals surface area contributed by atoms with Gasteiger partial charge in [-0.2, -0.15) is 0 Å². The van der Waals surface area contributed by atoms with Crippen LogP contribution in [0.4, 0.5) is 17.1 Å². The topological polar surface area (TPSA) is 171 Å². The summed E-state index contributed by atoms with van der Waals surface area (Å²) in [6.45, 7) is 8.42. The molecule has 0 spiro atoms. The lowest BCUT2D eigenvalue weighted by atomic mass is 9.79. The largest absolute Gasteiger partial charge is 0.507 e. The lowest BCUT2D eigenvalue weighted by Gasteiger charge is -2.46. The summed E-state index contributed by atoms with van der Waals surface area (Å²) in [6.07, 6.45) is 1.55. The second kappa shape index (κ2) is 9.70. The molecule has 2 aliphatic rings. The number of hydrogen-bond donors (Lipinski definition) is 5. The first-order valence-electron chi connectivity index (χ1n) is 13.1. The van der Waals surface area contributed by atoms with E-state index in [-0.39, 0.29) is 39.8 Å². The van der Waals surface area contributed by atoms with Crippen molar-refractivity contribution in [2.24, 2.45) is 0 Å². The minimum atomic E-state index is -0.909. The van der Waals surface area contributed by atoms with Crippen molar-refractivity contribution in [1.29, 1.82) is 0 Å². The molecule has 0 atom stereocenters. The molecule has 5 N–H and O–H groups in total. The average molecular weight is 559 g/mol. The van der Waals surface area contributed by atoms with E-state index in [1.165, 1.54) is 12.1 Å². The van der Waals surface area contributed by atoms with Crippen LogP contribution in [0.15, 0.2) is 48.5 Å². The number of nitro benzene ring substituents is 1. The Bertz CT molecular complexity index is 1610. The van der Waals surface area contributed by atoms with Crippen molar-refractivity contribution < 1.29 is 29.5 Å². The monoisotopic (exact) mass is 558 g/mol. The van der Waals surface area contributed by atoms with Gasteiger partial charge < -0.3 is 26.2 Å².